The summed E-state index contributed by atoms with van der Waals surface area (Å²) in [5, 5.41) is 3.57. The molecule has 1 fully saturated rings. The molecule has 1 N–H and O–H groups in total. The highest BCUT2D eigenvalue weighted by molar-refractivity contribution is 5.43. The van der Waals surface area contributed by atoms with E-state index >= 15 is 0 Å². The Morgan fingerprint density at radius 2 is 2.05 bits per heavy atom. The Morgan fingerprint density at radius 1 is 1.26 bits per heavy atom. The average molecular weight is 256 g/mol. The molecule has 100 valence electrons. The lowest BCUT2D eigenvalue weighted by molar-refractivity contribution is 0.414. The topological polar surface area (TPSA) is 33.1 Å². The van der Waals surface area contributed by atoms with Crippen LogP contribution in [0.2, 0.25) is 0 Å². The lowest BCUT2D eigenvalue weighted by atomic mass is 10.3. The first-order chi connectivity index (χ1) is 9.22. The molecule has 1 unspecified atom stereocenters. The van der Waals surface area contributed by atoms with Gasteiger partial charge in [-0.25, -0.2) is 4.98 Å². The van der Waals surface area contributed by atoms with Gasteiger partial charge in [-0.3, -0.25) is 4.57 Å². The third-order valence-corrected chi connectivity index (χ3v) is 3.59. The molecule has 0 radical (unpaired) electrons. The van der Waals surface area contributed by atoms with E-state index in [1.165, 1.54) is 6.42 Å². The standard InChI is InChI=1S/C15H20N4/c1-12-10-19(14-6-4-3-5-7-14)15(16-12)17-13-8-9-18(2)11-13/h3-7,10,13H,8-9,11H2,1-2H3,(H,16,17). The number of para-hydroxylation sites is 1. The van der Waals surface area contributed by atoms with Crippen LogP contribution in [-0.4, -0.2) is 40.6 Å². The van der Waals surface area contributed by atoms with E-state index in [1.807, 2.05) is 13.0 Å². The van der Waals surface area contributed by atoms with E-state index in [4.69, 9.17) is 0 Å². The summed E-state index contributed by atoms with van der Waals surface area (Å²) in [6.07, 6.45) is 3.26. The predicted octanol–water partition coefficient (Wildman–Crippen LogP) is 2.30. The molecule has 4 nitrogen and oxygen atoms in total. The Hall–Kier alpha value is -1.81. The summed E-state index contributed by atoms with van der Waals surface area (Å²) >= 11 is 0. The second-order valence-electron chi connectivity index (χ2n) is 5.30. The van der Waals surface area contributed by atoms with Crippen molar-refractivity contribution in [2.75, 3.05) is 25.5 Å². The lowest BCUT2D eigenvalue weighted by Crippen LogP contribution is -2.25. The number of nitrogens with zero attached hydrogens (tertiary/aromatic N) is 3. The number of anilines is 1. The van der Waals surface area contributed by atoms with Gasteiger partial charge in [-0.2, -0.15) is 0 Å². The molecule has 0 saturated carbocycles. The fraction of sp³-hybridized carbons (Fsp3) is 0.400. The molecule has 0 bridgehead atoms. The Labute approximate surface area is 114 Å². The third-order valence-electron chi connectivity index (χ3n) is 3.59. The van der Waals surface area contributed by atoms with Gasteiger partial charge in [0.05, 0.1) is 5.69 Å². The zero-order valence-corrected chi connectivity index (χ0v) is 11.5. The SMILES string of the molecule is Cc1cn(-c2ccccc2)c(NC2CCN(C)C2)n1. The minimum atomic E-state index is 0.495. The zero-order valence-electron chi connectivity index (χ0n) is 11.5. The summed E-state index contributed by atoms with van der Waals surface area (Å²) in [5.74, 6) is 0.948. The lowest BCUT2D eigenvalue weighted by Gasteiger charge is -2.15. The van der Waals surface area contributed by atoms with Gasteiger partial charge in [-0.05, 0) is 39.1 Å². The number of hydrogen-bond acceptors (Lipinski definition) is 3. The van der Waals surface area contributed by atoms with Crippen molar-refractivity contribution in [1.82, 2.24) is 14.5 Å². The van der Waals surface area contributed by atoms with Crippen LogP contribution in [0, 0.1) is 6.92 Å². The molecule has 1 atom stereocenters. The monoisotopic (exact) mass is 256 g/mol. The van der Waals surface area contributed by atoms with Gasteiger partial charge in [0.2, 0.25) is 5.95 Å². The molecule has 4 heteroatoms. The molecular formula is C15H20N4. The largest absolute Gasteiger partial charge is 0.351 e. The number of likely N-dealkylation sites (tertiary alicyclic amines) is 1. The third kappa shape index (κ3) is 2.63. The molecule has 2 aromatic rings. The molecule has 0 aliphatic carbocycles. The Bertz CT molecular complexity index is 547. The number of aryl methyl sites for hydroxylation is 1. The van der Waals surface area contributed by atoms with E-state index < -0.39 is 0 Å². The number of hydrogen-bond donors (Lipinski definition) is 1. The normalized spacial score (nSPS) is 19.8. The highest BCUT2D eigenvalue weighted by atomic mass is 15.2. The number of likely N-dealkylation sites (N-methyl/N-ethyl adjacent to an activating group) is 1. The van der Waals surface area contributed by atoms with Crippen LogP contribution >= 0.6 is 0 Å². The van der Waals surface area contributed by atoms with E-state index in [-0.39, 0.29) is 0 Å². The maximum Gasteiger partial charge on any atom is 0.208 e. The predicted molar refractivity (Wildman–Crippen MR) is 77.8 cm³/mol. The Kier molecular flexibility index (Phi) is 3.25. The number of imidazole rings is 1. The first-order valence-corrected chi connectivity index (χ1v) is 6.79. The van der Waals surface area contributed by atoms with Crippen LogP contribution in [0.5, 0.6) is 0 Å². The molecule has 1 saturated heterocycles. The molecule has 1 aliphatic heterocycles. The molecule has 19 heavy (non-hydrogen) atoms. The molecule has 1 aromatic carbocycles. The van der Waals surface area contributed by atoms with Crippen molar-refractivity contribution in [3.63, 3.8) is 0 Å². The van der Waals surface area contributed by atoms with Crippen molar-refractivity contribution >= 4 is 5.95 Å². The van der Waals surface area contributed by atoms with Crippen molar-refractivity contribution in [3.8, 4) is 5.69 Å². The average Bonchev–Trinajstić information content (AvgIpc) is 2.97. The van der Waals surface area contributed by atoms with Crippen LogP contribution < -0.4 is 5.32 Å². The maximum atomic E-state index is 4.61. The van der Waals surface area contributed by atoms with Crippen LogP contribution in [-0.2, 0) is 0 Å². The fourth-order valence-corrected chi connectivity index (χ4v) is 2.62. The van der Waals surface area contributed by atoms with Crippen LogP contribution in [0.4, 0.5) is 5.95 Å². The minimum absolute atomic E-state index is 0.495. The Balaban J connectivity index is 1.85. The first kappa shape index (κ1) is 12.2. The second kappa shape index (κ2) is 5.05. The summed E-state index contributed by atoms with van der Waals surface area (Å²) in [5.41, 5.74) is 2.19. The van der Waals surface area contributed by atoms with Gasteiger partial charge in [-0.1, -0.05) is 18.2 Å². The van der Waals surface area contributed by atoms with Gasteiger partial charge in [0.1, 0.15) is 0 Å². The summed E-state index contributed by atoms with van der Waals surface area (Å²) in [4.78, 5) is 6.96. The van der Waals surface area contributed by atoms with Crippen molar-refractivity contribution in [1.29, 1.82) is 0 Å². The number of benzene rings is 1. The maximum absolute atomic E-state index is 4.61. The van der Waals surface area contributed by atoms with E-state index in [0.29, 0.717) is 6.04 Å². The minimum Gasteiger partial charge on any atom is -0.351 e. The summed E-state index contributed by atoms with van der Waals surface area (Å²) in [6, 6.07) is 10.8. The van der Waals surface area contributed by atoms with E-state index in [2.05, 4.69) is 57.3 Å². The van der Waals surface area contributed by atoms with Gasteiger partial charge in [-0.15, -0.1) is 0 Å². The number of nitrogens with one attached hydrogen (secondary N) is 1. The quantitative estimate of drug-likeness (QED) is 0.914. The van der Waals surface area contributed by atoms with Gasteiger partial charge >= 0.3 is 0 Å². The smallest absolute Gasteiger partial charge is 0.208 e. The summed E-state index contributed by atoms with van der Waals surface area (Å²) in [6.45, 7) is 4.27. The number of aromatic nitrogens is 2. The molecule has 0 amide bonds. The highest BCUT2D eigenvalue weighted by Gasteiger charge is 2.21. The summed E-state index contributed by atoms with van der Waals surface area (Å²) < 4.78 is 2.13. The molecule has 3 rings (SSSR count). The molecular weight excluding hydrogens is 236 g/mol. The Morgan fingerprint density at radius 3 is 2.74 bits per heavy atom. The van der Waals surface area contributed by atoms with Crippen molar-refractivity contribution < 1.29 is 0 Å². The van der Waals surface area contributed by atoms with E-state index in [1.54, 1.807) is 0 Å². The van der Waals surface area contributed by atoms with Crippen LogP contribution in [0.3, 0.4) is 0 Å². The van der Waals surface area contributed by atoms with Gasteiger partial charge in [0.25, 0.3) is 0 Å². The molecule has 0 spiro atoms. The molecule has 1 aliphatic rings. The van der Waals surface area contributed by atoms with Crippen molar-refractivity contribution in [2.45, 2.75) is 19.4 Å². The van der Waals surface area contributed by atoms with Gasteiger partial charge in [0, 0.05) is 24.5 Å². The van der Waals surface area contributed by atoms with Crippen molar-refractivity contribution in [3.05, 3.63) is 42.2 Å². The first-order valence-electron chi connectivity index (χ1n) is 6.79. The van der Waals surface area contributed by atoms with Crippen LogP contribution in [0.1, 0.15) is 12.1 Å². The molecule has 1 aromatic heterocycles. The summed E-state index contributed by atoms with van der Waals surface area (Å²) in [7, 11) is 2.16. The highest BCUT2D eigenvalue weighted by Crippen LogP contribution is 2.19. The second-order valence-corrected chi connectivity index (χ2v) is 5.30. The molecule has 2 heterocycles. The van der Waals surface area contributed by atoms with Crippen molar-refractivity contribution in [2.24, 2.45) is 0 Å². The van der Waals surface area contributed by atoms with Crippen LogP contribution in [0.15, 0.2) is 36.5 Å². The van der Waals surface area contributed by atoms with Gasteiger partial charge < -0.3 is 10.2 Å². The van der Waals surface area contributed by atoms with E-state index in [0.717, 1.165) is 30.4 Å². The number of rotatable bonds is 3. The van der Waals surface area contributed by atoms with E-state index in [9.17, 15) is 0 Å². The fourth-order valence-electron chi connectivity index (χ4n) is 2.62. The van der Waals surface area contributed by atoms with Crippen LogP contribution in [0.25, 0.3) is 5.69 Å². The zero-order chi connectivity index (χ0) is 13.2. The van der Waals surface area contributed by atoms with Gasteiger partial charge in [0.15, 0.2) is 0 Å².